The van der Waals surface area contributed by atoms with Crippen molar-refractivity contribution in [2.24, 2.45) is 0 Å². The lowest BCUT2D eigenvalue weighted by molar-refractivity contribution is -0.117. The molecule has 1 aliphatic heterocycles. The molecule has 28 heavy (non-hydrogen) atoms. The molecule has 3 aromatic heterocycles. The molecule has 0 spiro atoms. The van der Waals surface area contributed by atoms with Crippen molar-refractivity contribution in [1.82, 2.24) is 20.3 Å². The van der Waals surface area contributed by atoms with E-state index in [0.717, 1.165) is 27.7 Å². The van der Waals surface area contributed by atoms with Crippen LogP contribution in [0.25, 0.3) is 17.1 Å². The van der Waals surface area contributed by atoms with Gasteiger partial charge in [0.1, 0.15) is 5.82 Å². The average Bonchev–Trinajstić information content (AvgIpc) is 3.15. The van der Waals surface area contributed by atoms with Crippen LogP contribution in [-0.2, 0) is 16.0 Å². The molecule has 4 rings (SSSR count). The first-order chi connectivity index (χ1) is 13.6. The molecule has 0 radical (unpaired) electrons. The second kappa shape index (κ2) is 7.26. The molecule has 7 heteroatoms. The Morgan fingerprint density at radius 2 is 2.18 bits per heavy atom. The molecule has 1 aliphatic rings. The highest BCUT2D eigenvalue weighted by Crippen LogP contribution is 2.31. The summed E-state index contributed by atoms with van der Waals surface area (Å²) >= 11 is 0. The standard InChI is InChI=1S/C21H21N5O2/c1-12(16-11-24-17-4-3-7-23-19(16)17)15(21(28)22-2)9-13-8-14-5-6-18(27)26-20(14)25-10-13/h3-4,7-12,24H,5-6H2,1-2H3,(H,22,28)(H,25,26,27). The summed E-state index contributed by atoms with van der Waals surface area (Å²) in [6.07, 6.45) is 8.27. The number of rotatable bonds is 4. The smallest absolute Gasteiger partial charge is 0.247 e. The molecule has 0 bridgehead atoms. The summed E-state index contributed by atoms with van der Waals surface area (Å²) in [5, 5.41) is 5.51. The van der Waals surface area contributed by atoms with Crippen molar-refractivity contribution >= 4 is 34.7 Å². The van der Waals surface area contributed by atoms with Gasteiger partial charge in [0.2, 0.25) is 11.8 Å². The summed E-state index contributed by atoms with van der Waals surface area (Å²) in [7, 11) is 1.62. The van der Waals surface area contributed by atoms with Gasteiger partial charge < -0.3 is 15.6 Å². The molecule has 3 N–H and O–H groups in total. The van der Waals surface area contributed by atoms with E-state index >= 15 is 0 Å². The van der Waals surface area contributed by atoms with Gasteiger partial charge in [0.05, 0.1) is 11.0 Å². The lowest BCUT2D eigenvalue weighted by atomic mass is 9.91. The zero-order chi connectivity index (χ0) is 19.7. The molecule has 0 saturated carbocycles. The van der Waals surface area contributed by atoms with Gasteiger partial charge in [-0.15, -0.1) is 0 Å². The van der Waals surface area contributed by atoms with Crippen molar-refractivity contribution < 1.29 is 9.59 Å². The molecule has 0 aromatic carbocycles. The number of fused-ring (bicyclic) bond motifs is 2. The van der Waals surface area contributed by atoms with E-state index in [0.29, 0.717) is 24.2 Å². The number of carbonyl (C=O) groups is 2. The fraction of sp³-hybridized carbons (Fsp3) is 0.238. The topological polar surface area (TPSA) is 99.8 Å². The number of carbonyl (C=O) groups excluding carboxylic acids is 2. The number of amides is 2. The summed E-state index contributed by atoms with van der Waals surface area (Å²) < 4.78 is 0. The quantitative estimate of drug-likeness (QED) is 0.611. The molecule has 4 heterocycles. The van der Waals surface area contributed by atoms with Gasteiger partial charge in [0, 0.05) is 49.1 Å². The SMILES string of the molecule is CNC(=O)C(=Cc1cnc2c(c1)CCC(=O)N2)C(C)c1c[nH]c2cccnc12. The maximum absolute atomic E-state index is 12.6. The van der Waals surface area contributed by atoms with Crippen LogP contribution in [0.2, 0.25) is 0 Å². The largest absolute Gasteiger partial charge is 0.360 e. The summed E-state index contributed by atoms with van der Waals surface area (Å²) in [5.41, 5.74) is 5.18. The van der Waals surface area contributed by atoms with Gasteiger partial charge in [-0.05, 0) is 41.8 Å². The van der Waals surface area contributed by atoms with E-state index in [4.69, 9.17) is 0 Å². The Balaban J connectivity index is 1.74. The predicted molar refractivity (Wildman–Crippen MR) is 108 cm³/mol. The molecular formula is C21H21N5O2. The normalized spacial score (nSPS) is 15.1. The maximum atomic E-state index is 12.6. The van der Waals surface area contributed by atoms with Crippen LogP contribution in [0.15, 0.2) is 42.4 Å². The van der Waals surface area contributed by atoms with Crippen molar-refractivity contribution in [3.05, 3.63) is 59.1 Å². The summed E-state index contributed by atoms with van der Waals surface area (Å²) in [6.45, 7) is 1.99. The minimum Gasteiger partial charge on any atom is -0.360 e. The highest BCUT2D eigenvalue weighted by molar-refractivity contribution is 6.00. The van der Waals surface area contributed by atoms with Crippen LogP contribution in [0.4, 0.5) is 5.82 Å². The third-order valence-electron chi connectivity index (χ3n) is 5.08. The molecule has 142 valence electrons. The number of aromatic nitrogens is 3. The molecule has 7 nitrogen and oxygen atoms in total. The van der Waals surface area contributed by atoms with Crippen molar-refractivity contribution in [1.29, 1.82) is 0 Å². The van der Waals surface area contributed by atoms with Gasteiger partial charge in [0.15, 0.2) is 0 Å². The highest BCUT2D eigenvalue weighted by atomic mass is 16.2. The van der Waals surface area contributed by atoms with E-state index in [1.807, 2.05) is 37.4 Å². The van der Waals surface area contributed by atoms with Crippen molar-refractivity contribution in [2.75, 3.05) is 12.4 Å². The highest BCUT2D eigenvalue weighted by Gasteiger charge is 2.22. The number of hydrogen-bond acceptors (Lipinski definition) is 4. The second-order valence-corrected chi connectivity index (χ2v) is 6.87. The van der Waals surface area contributed by atoms with Gasteiger partial charge in [0.25, 0.3) is 0 Å². The number of H-pyrrole nitrogens is 1. The Bertz CT molecular complexity index is 1100. The Hall–Kier alpha value is -3.48. The molecule has 0 aliphatic carbocycles. The van der Waals surface area contributed by atoms with Gasteiger partial charge >= 0.3 is 0 Å². The number of anilines is 1. The second-order valence-electron chi connectivity index (χ2n) is 6.87. The Morgan fingerprint density at radius 1 is 1.32 bits per heavy atom. The summed E-state index contributed by atoms with van der Waals surface area (Å²) in [4.78, 5) is 36.2. The van der Waals surface area contributed by atoms with Crippen LogP contribution in [0.1, 0.15) is 36.0 Å². The third kappa shape index (κ3) is 3.26. The number of aryl methyl sites for hydroxylation is 1. The zero-order valence-electron chi connectivity index (χ0n) is 15.7. The van der Waals surface area contributed by atoms with E-state index in [2.05, 4.69) is 25.6 Å². The van der Waals surface area contributed by atoms with Crippen LogP contribution in [0.3, 0.4) is 0 Å². The van der Waals surface area contributed by atoms with Crippen LogP contribution in [-0.4, -0.2) is 33.8 Å². The lowest BCUT2D eigenvalue weighted by Gasteiger charge is -2.17. The number of aromatic amines is 1. The number of nitrogens with one attached hydrogen (secondary N) is 3. The molecule has 2 amide bonds. The monoisotopic (exact) mass is 375 g/mol. The number of nitrogens with zero attached hydrogens (tertiary/aromatic N) is 2. The first-order valence-corrected chi connectivity index (χ1v) is 9.21. The van der Waals surface area contributed by atoms with Crippen LogP contribution in [0, 0.1) is 0 Å². The van der Waals surface area contributed by atoms with Crippen LogP contribution in [0.5, 0.6) is 0 Å². The van der Waals surface area contributed by atoms with Crippen LogP contribution < -0.4 is 10.6 Å². The fourth-order valence-corrected chi connectivity index (χ4v) is 3.54. The Kier molecular flexibility index (Phi) is 4.65. The first kappa shape index (κ1) is 17.9. The Labute approximate surface area is 162 Å². The number of hydrogen-bond donors (Lipinski definition) is 3. The van der Waals surface area contributed by atoms with E-state index < -0.39 is 0 Å². The van der Waals surface area contributed by atoms with E-state index in [-0.39, 0.29) is 17.7 Å². The van der Waals surface area contributed by atoms with Crippen LogP contribution >= 0.6 is 0 Å². The molecule has 1 atom stereocenters. The number of pyridine rings is 2. The van der Waals surface area contributed by atoms with E-state index in [9.17, 15) is 9.59 Å². The van der Waals surface area contributed by atoms with Gasteiger partial charge in [-0.3, -0.25) is 14.6 Å². The number of likely N-dealkylation sites (N-methyl/N-ethyl adjacent to an activating group) is 1. The van der Waals surface area contributed by atoms with E-state index in [1.165, 1.54) is 0 Å². The summed E-state index contributed by atoms with van der Waals surface area (Å²) in [5.74, 6) is 0.265. The minimum atomic E-state index is -0.167. The first-order valence-electron chi connectivity index (χ1n) is 9.21. The Morgan fingerprint density at radius 3 is 3.00 bits per heavy atom. The maximum Gasteiger partial charge on any atom is 0.247 e. The average molecular weight is 375 g/mol. The zero-order valence-corrected chi connectivity index (χ0v) is 15.7. The van der Waals surface area contributed by atoms with Gasteiger partial charge in [-0.2, -0.15) is 0 Å². The van der Waals surface area contributed by atoms with Crippen molar-refractivity contribution in [3.63, 3.8) is 0 Å². The third-order valence-corrected chi connectivity index (χ3v) is 5.08. The predicted octanol–water partition coefficient (Wildman–Crippen LogP) is 2.78. The van der Waals surface area contributed by atoms with Gasteiger partial charge in [-0.1, -0.05) is 6.92 Å². The summed E-state index contributed by atoms with van der Waals surface area (Å²) in [6, 6.07) is 5.81. The molecule has 0 fully saturated rings. The van der Waals surface area contributed by atoms with Crippen molar-refractivity contribution in [3.8, 4) is 0 Å². The van der Waals surface area contributed by atoms with Crippen molar-refractivity contribution in [2.45, 2.75) is 25.7 Å². The molecule has 0 saturated heterocycles. The molecule has 3 aromatic rings. The molecular weight excluding hydrogens is 354 g/mol. The lowest BCUT2D eigenvalue weighted by Crippen LogP contribution is -2.23. The van der Waals surface area contributed by atoms with Gasteiger partial charge in [-0.25, -0.2) is 4.98 Å². The minimum absolute atomic E-state index is 0.0187. The molecule has 1 unspecified atom stereocenters. The fourth-order valence-electron chi connectivity index (χ4n) is 3.54. The van der Waals surface area contributed by atoms with E-state index in [1.54, 1.807) is 19.4 Å².